The van der Waals surface area contributed by atoms with Gasteiger partial charge in [-0.25, -0.2) is 4.39 Å². The zero-order valence-electron chi connectivity index (χ0n) is 14.3. The largest absolute Gasteiger partial charge is 0.480 e. The molecule has 1 fully saturated rings. The number of likely N-dealkylation sites (N-methyl/N-ethyl adjacent to an activating group) is 1. The lowest BCUT2D eigenvalue weighted by atomic mass is 10.1. The van der Waals surface area contributed by atoms with Crippen molar-refractivity contribution >= 4 is 30.0 Å². The molecule has 1 atom stereocenters. The maximum Gasteiger partial charge on any atom is 0.317 e. The number of benzene rings is 1. The molecule has 0 aromatic heterocycles. The van der Waals surface area contributed by atoms with Crippen LogP contribution in [0.25, 0.3) is 0 Å². The molecule has 140 valence electrons. The Morgan fingerprint density at radius 3 is 2.80 bits per heavy atom. The average molecular weight is 374 g/mol. The van der Waals surface area contributed by atoms with E-state index in [1.54, 1.807) is 12.1 Å². The number of carbonyl (C=O) groups is 2. The van der Waals surface area contributed by atoms with Gasteiger partial charge in [0.25, 0.3) is 0 Å². The number of amides is 1. The van der Waals surface area contributed by atoms with Crippen molar-refractivity contribution in [2.75, 3.05) is 38.5 Å². The Hall–Kier alpha value is -1.70. The van der Waals surface area contributed by atoms with Gasteiger partial charge in [0.05, 0.1) is 13.1 Å². The van der Waals surface area contributed by atoms with Crippen LogP contribution in [0.3, 0.4) is 0 Å². The molecule has 2 N–H and O–H groups in total. The predicted molar refractivity (Wildman–Crippen MR) is 96.6 cm³/mol. The van der Waals surface area contributed by atoms with Crippen molar-refractivity contribution in [1.29, 1.82) is 0 Å². The second-order valence-corrected chi connectivity index (χ2v) is 6.23. The van der Waals surface area contributed by atoms with Gasteiger partial charge in [-0.3, -0.25) is 19.4 Å². The van der Waals surface area contributed by atoms with Crippen molar-refractivity contribution in [2.45, 2.75) is 25.3 Å². The fourth-order valence-corrected chi connectivity index (χ4v) is 3.05. The summed E-state index contributed by atoms with van der Waals surface area (Å²) in [6, 6.07) is 6.05. The van der Waals surface area contributed by atoms with Gasteiger partial charge in [-0.15, -0.1) is 12.4 Å². The molecule has 2 rings (SSSR count). The van der Waals surface area contributed by atoms with Gasteiger partial charge < -0.3 is 10.4 Å². The van der Waals surface area contributed by atoms with E-state index in [-0.39, 0.29) is 43.3 Å². The Labute approximate surface area is 153 Å². The normalized spacial score (nSPS) is 18.3. The van der Waals surface area contributed by atoms with Crippen LogP contribution < -0.4 is 5.32 Å². The number of rotatable bonds is 6. The molecule has 1 unspecified atom stereocenters. The third kappa shape index (κ3) is 7.37. The van der Waals surface area contributed by atoms with Gasteiger partial charge in [0.15, 0.2) is 0 Å². The maximum atomic E-state index is 13.1. The number of nitrogens with zero attached hydrogens (tertiary/aromatic N) is 2. The van der Waals surface area contributed by atoms with E-state index in [9.17, 15) is 14.0 Å². The van der Waals surface area contributed by atoms with Crippen molar-refractivity contribution in [3.63, 3.8) is 0 Å². The van der Waals surface area contributed by atoms with Crippen LogP contribution in [0.15, 0.2) is 24.3 Å². The van der Waals surface area contributed by atoms with Crippen molar-refractivity contribution in [3.8, 4) is 0 Å². The molecule has 25 heavy (non-hydrogen) atoms. The third-order valence-electron chi connectivity index (χ3n) is 4.27. The first kappa shape index (κ1) is 21.3. The summed E-state index contributed by atoms with van der Waals surface area (Å²) >= 11 is 0. The SMILES string of the molecule is CN(CC(=O)O)C1CCCN(CC(=O)Nc2cccc(F)c2)CC1.Cl. The Morgan fingerprint density at radius 2 is 2.12 bits per heavy atom. The van der Waals surface area contributed by atoms with Crippen LogP contribution in [0.4, 0.5) is 10.1 Å². The van der Waals surface area contributed by atoms with Gasteiger partial charge in [-0.1, -0.05) is 6.07 Å². The highest BCUT2D eigenvalue weighted by atomic mass is 35.5. The molecule has 1 aromatic rings. The Kier molecular flexibility index (Phi) is 8.82. The minimum Gasteiger partial charge on any atom is -0.480 e. The van der Waals surface area contributed by atoms with Crippen LogP contribution >= 0.6 is 12.4 Å². The first-order valence-electron chi connectivity index (χ1n) is 8.14. The Bertz CT molecular complexity index is 588. The van der Waals surface area contributed by atoms with Crippen LogP contribution in [0.1, 0.15) is 19.3 Å². The molecule has 1 heterocycles. The number of likely N-dealkylation sites (tertiary alicyclic amines) is 1. The molecule has 1 aromatic carbocycles. The molecule has 0 saturated carbocycles. The molecular weight excluding hydrogens is 349 g/mol. The van der Waals surface area contributed by atoms with Gasteiger partial charge >= 0.3 is 5.97 Å². The molecule has 0 spiro atoms. The summed E-state index contributed by atoms with van der Waals surface area (Å²) in [7, 11) is 1.82. The van der Waals surface area contributed by atoms with E-state index in [1.165, 1.54) is 12.1 Å². The molecule has 1 aliphatic heterocycles. The van der Waals surface area contributed by atoms with Crippen LogP contribution in [0.2, 0.25) is 0 Å². The molecule has 1 aliphatic rings. The van der Waals surface area contributed by atoms with E-state index in [1.807, 2.05) is 11.9 Å². The standard InChI is InChI=1S/C17H24FN3O3.ClH/c1-20(12-17(23)24)15-6-3-8-21(9-7-15)11-16(22)19-14-5-2-4-13(18)10-14;/h2,4-5,10,15H,3,6-9,11-12H2,1H3,(H,19,22)(H,23,24);1H. The van der Waals surface area contributed by atoms with Gasteiger partial charge in [0.1, 0.15) is 5.82 Å². The number of carboxylic acid groups (broad SMARTS) is 1. The first-order valence-corrected chi connectivity index (χ1v) is 8.14. The lowest BCUT2D eigenvalue weighted by molar-refractivity contribution is -0.138. The number of carboxylic acids is 1. The minimum atomic E-state index is -0.826. The number of anilines is 1. The molecule has 6 nitrogen and oxygen atoms in total. The average Bonchev–Trinajstić information content (AvgIpc) is 2.72. The fraction of sp³-hybridized carbons (Fsp3) is 0.529. The quantitative estimate of drug-likeness (QED) is 0.798. The molecule has 0 radical (unpaired) electrons. The second-order valence-electron chi connectivity index (χ2n) is 6.23. The van der Waals surface area contributed by atoms with Crippen molar-refractivity contribution in [2.24, 2.45) is 0 Å². The van der Waals surface area contributed by atoms with Gasteiger partial charge in [-0.2, -0.15) is 0 Å². The topological polar surface area (TPSA) is 72.9 Å². The molecule has 0 bridgehead atoms. The first-order chi connectivity index (χ1) is 11.4. The minimum absolute atomic E-state index is 0. The van der Waals surface area contributed by atoms with Crippen molar-refractivity contribution < 1.29 is 19.1 Å². The Balaban J connectivity index is 0.00000312. The zero-order valence-corrected chi connectivity index (χ0v) is 15.1. The third-order valence-corrected chi connectivity index (χ3v) is 4.27. The zero-order chi connectivity index (χ0) is 17.5. The number of hydrogen-bond donors (Lipinski definition) is 2. The predicted octanol–water partition coefficient (Wildman–Crippen LogP) is 2.06. The van der Waals surface area contributed by atoms with Gasteiger partial charge in [-0.05, 0) is 51.1 Å². The Morgan fingerprint density at radius 1 is 1.36 bits per heavy atom. The van der Waals surface area contributed by atoms with Crippen LogP contribution in [0, 0.1) is 5.82 Å². The second kappa shape index (κ2) is 10.3. The molecule has 1 saturated heterocycles. The lowest BCUT2D eigenvalue weighted by Gasteiger charge is -2.25. The summed E-state index contributed by atoms with van der Waals surface area (Å²) < 4.78 is 13.1. The van der Waals surface area contributed by atoms with E-state index in [2.05, 4.69) is 10.2 Å². The lowest BCUT2D eigenvalue weighted by Crippen LogP contribution is -2.37. The van der Waals surface area contributed by atoms with E-state index in [0.29, 0.717) is 5.69 Å². The van der Waals surface area contributed by atoms with Crippen LogP contribution in [0.5, 0.6) is 0 Å². The highest BCUT2D eigenvalue weighted by Gasteiger charge is 2.22. The van der Waals surface area contributed by atoms with E-state index >= 15 is 0 Å². The number of carbonyl (C=O) groups excluding carboxylic acids is 1. The van der Waals surface area contributed by atoms with Crippen LogP contribution in [-0.2, 0) is 9.59 Å². The number of aliphatic carboxylic acids is 1. The smallest absolute Gasteiger partial charge is 0.317 e. The van der Waals surface area contributed by atoms with Crippen molar-refractivity contribution in [1.82, 2.24) is 9.80 Å². The van der Waals surface area contributed by atoms with E-state index < -0.39 is 5.97 Å². The molecule has 0 aliphatic carbocycles. The summed E-state index contributed by atoms with van der Waals surface area (Å²) in [5.41, 5.74) is 0.453. The maximum absolute atomic E-state index is 13.1. The molecular formula is C17H25ClFN3O3. The number of nitrogens with one attached hydrogen (secondary N) is 1. The summed E-state index contributed by atoms with van der Waals surface area (Å²) in [4.78, 5) is 26.8. The van der Waals surface area contributed by atoms with E-state index in [0.717, 1.165) is 32.4 Å². The number of halogens is 2. The molecule has 1 amide bonds. The number of hydrogen-bond acceptors (Lipinski definition) is 4. The van der Waals surface area contributed by atoms with E-state index in [4.69, 9.17) is 5.11 Å². The summed E-state index contributed by atoms with van der Waals surface area (Å²) in [5.74, 6) is -1.38. The highest BCUT2D eigenvalue weighted by molar-refractivity contribution is 5.92. The van der Waals surface area contributed by atoms with Crippen molar-refractivity contribution in [3.05, 3.63) is 30.1 Å². The van der Waals surface area contributed by atoms with Gasteiger partial charge in [0, 0.05) is 18.3 Å². The highest BCUT2D eigenvalue weighted by Crippen LogP contribution is 2.16. The summed E-state index contributed by atoms with van der Waals surface area (Å²) in [5, 5.41) is 11.6. The van der Waals surface area contributed by atoms with Gasteiger partial charge in [0.2, 0.25) is 5.91 Å². The summed E-state index contributed by atoms with van der Waals surface area (Å²) in [6.07, 6.45) is 2.67. The molecule has 8 heteroatoms. The fourth-order valence-electron chi connectivity index (χ4n) is 3.05. The summed E-state index contributed by atoms with van der Waals surface area (Å²) in [6.45, 7) is 1.83. The van der Waals surface area contributed by atoms with Crippen LogP contribution in [-0.4, -0.2) is 66.1 Å². The monoisotopic (exact) mass is 373 g/mol.